The van der Waals surface area contributed by atoms with Crippen LogP contribution in [0.2, 0.25) is 0 Å². The van der Waals surface area contributed by atoms with Crippen LogP contribution in [0.1, 0.15) is 45.7 Å². The Kier molecular flexibility index (Phi) is 5.14. The van der Waals surface area contributed by atoms with Crippen molar-refractivity contribution in [2.45, 2.75) is 65.1 Å². The van der Waals surface area contributed by atoms with Gasteiger partial charge in [-0.3, -0.25) is 10.2 Å². The van der Waals surface area contributed by atoms with E-state index in [4.69, 9.17) is 9.47 Å². The maximum Gasteiger partial charge on any atom is 0.410 e. The lowest BCUT2D eigenvalue weighted by Gasteiger charge is -2.30. The Hall–Kier alpha value is -2.21. The molecule has 2 N–H and O–H groups in total. The molecule has 0 saturated carbocycles. The molecule has 0 aromatic heterocycles. The zero-order valence-electron chi connectivity index (χ0n) is 16.2. The molecule has 6 nitrogen and oxygen atoms in total. The first-order valence-corrected chi connectivity index (χ1v) is 9.18. The van der Waals surface area contributed by atoms with Gasteiger partial charge >= 0.3 is 6.09 Å². The van der Waals surface area contributed by atoms with Crippen molar-refractivity contribution in [1.82, 2.24) is 15.5 Å². The van der Waals surface area contributed by atoms with Crippen LogP contribution in [0.4, 0.5) is 4.79 Å². The van der Waals surface area contributed by atoms with Crippen molar-refractivity contribution in [2.24, 2.45) is 0 Å². The summed E-state index contributed by atoms with van der Waals surface area (Å²) in [6.45, 7) is 11.4. The van der Waals surface area contributed by atoms with Crippen molar-refractivity contribution in [3.05, 3.63) is 35.5 Å². The van der Waals surface area contributed by atoms with Crippen molar-refractivity contribution >= 4 is 12.2 Å². The largest absolute Gasteiger partial charge is 0.471 e. The van der Waals surface area contributed by atoms with Crippen LogP contribution < -0.4 is 15.4 Å². The normalized spacial score (nSPS) is 20.6. The quantitative estimate of drug-likeness (QED) is 0.791. The summed E-state index contributed by atoms with van der Waals surface area (Å²) < 4.78 is 12.0. The highest BCUT2D eigenvalue weighted by Crippen LogP contribution is 2.29. The highest BCUT2D eigenvalue weighted by molar-refractivity contribution is 5.71. The summed E-state index contributed by atoms with van der Waals surface area (Å²) in [4.78, 5) is 14.1. The fraction of sp³-hybridized carbons (Fsp3) is 0.550. The lowest BCUT2D eigenvalue weighted by atomic mass is 10.0. The van der Waals surface area contributed by atoms with Gasteiger partial charge in [0.25, 0.3) is 0 Å². The van der Waals surface area contributed by atoms with Crippen LogP contribution in [0.15, 0.2) is 24.4 Å². The van der Waals surface area contributed by atoms with Gasteiger partial charge in [0, 0.05) is 23.7 Å². The van der Waals surface area contributed by atoms with Crippen LogP contribution in [0.25, 0.3) is 6.08 Å². The average Bonchev–Trinajstić information content (AvgIpc) is 2.96. The van der Waals surface area contributed by atoms with Gasteiger partial charge < -0.3 is 14.8 Å². The number of benzene rings is 1. The predicted molar refractivity (Wildman–Crippen MR) is 102 cm³/mol. The van der Waals surface area contributed by atoms with E-state index in [-0.39, 0.29) is 23.8 Å². The molecule has 1 saturated heterocycles. The lowest BCUT2D eigenvalue weighted by Crippen LogP contribution is -2.50. The van der Waals surface area contributed by atoms with Gasteiger partial charge in [0.15, 0.2) is 12.3 Å². The number of hydrogen-bond acceptors (Lipinski definition) is 5. The number of carbonyl (C=O) groups is 1. The van der Waals surface area contributed by atoms with E-state index >= 15 is 0 Å². The summed E-state index contributed by atoms with van der Waals surface area (Å²) in [5.74, 6) is 0.795. The van der Waals surface area contributed by atoms with Gasteiger partial charge in [-0.05, 0) is 58.5 Å². The third kappa shape index (κ3) is 3.96. The number of fused-ring (bicyclic) bond motifs is 1. The fourth-order valence-corrected chi connectivity index (χ4v) is 3.22. The van der Waals surface area contributed by atoms with Gasteiger partial charge in [-0.1, -0.05) is 12.1 Å². The van der Waals surface area contributed by atoms with Gasteiger partial charge in [0.1, 0.15) is 5.75 Å². The number of nitrogens with one attached hydrogen (secondary N) is 2. The van der Waals surface area contributed by atoms with Crippen LogP contribution in [0.5, 0.6) is 5.75 Å². The van der Waals surface area contributed by atoms with Crippen LogP contribution >= 0.6 is 0 Å². The number of rotatable bonds is 5. The second-order valence-corrected chi connectivity index (χ2v) is 8.11. The van der Waals surface area contributed by atoms with E-state index in [1.807, 2.05) is 45.2 Å². The Morgan fingerprint density at radius 1 is 1.35 bits per heavy atom. The highest BCUT2D eigenvalue weighted by Gasteiger charge is 2.42. The van der Waals surface area contributed by atoms with Crippen LogP contribution in [0.3, 0.4) is 0 Å². The molecule has 2 atom stereocenters. The molecule has 1 aromatic rings. The van der Waals surface area contributed by atoms with E-state index in [0.29, 0.717) is 6.54 Å². The van der Waals surface area contributed by atoms with E-state index in [1.54, 1.807) is 4.90 Å². The maximum atomic E-state index is 12.3. The molecule has 1 fully saturated rings. The maximum absolute atomic E-state index is 12.3. The molecule has 0 aliphatic carbocycles. The molecule has 2 aliphatic rings. The minimum Gasteiger partial charge on any atom is -0.471 e. The van der Waals surface area contributed by atoms with Gasteiger partial charge in [-0.25, -0.2) is 4.79 Å². The topological polar surface area (TPSA) is 62.8 Å². The predicted octanol–water partition coefficient (Wildman–Crippen LogP) is 3.08. The summed E-state index contributed by atoms with van der Waals surface area (Å²) in [6, 6.07) is 6.23. The standard InChI is InChI=1S/C20H29N3O3/c1-13(2)22-18(17-12-23(19(24)26-17)20(3,4)5)25-16-8-6-7-14-11-21-10-9-15(14)16/h6-10,13,17-18,21-22H,11-12H2,1-5H3. The molecule has 142 valence electrons. The molecular weight excluding hydrogens is 330 g/mol. The van der Waals surface area contributed by atoms with Gasteiger partial charge in [0.05, 0.1) is 6.54 Å². The Bertz CT molecular complexity index is 694. The molecule has 1 aromatic carbocycles. The molecule has 6 heteroatoms. The van der Waals surface area contributed by atoms with Crippen molar-refractivity contribution in [3.8, 4) is 5.75 Å². The molecule has 0 bridgehead atoms. The van der Waals surface area contributed by atoms with E-state index in [9.17, 15) is 4.79 Å². The molecular formula is C20H29N3O3. The first-order chi connectivity index (χ1) is 12.3. The Labute approximate surface area is 155 Å². The summed E-state index contributed by atoms with van der Waals surface area (Å²) in [7, 11) is 0. The van der Waals surface area contributed by atoms with E-state index in [2.05, 4.69) is 30.5 Å². The molecule has 2 heterocycles. The SMILES string of the molecule is CC(C)NC(Oc1cccc2c1C=CNC2)C1CN(C(C)(C)C)C(=O)O1. The minimum absolute atomic E-state index is 0.194. The highest BCUT2D eigenvalue weighted by atomic mass is 16.6. The first kappa shape index (κ1) is 18.6. The Morgan fingerprint density at radius 2 is 2.12 bits per heavy atom. The summed E-state index contributed by atoms with van der Waals surface area (Å²) >= 11 is 0. The second kappa shape index (κ2) is 7.19. The minimum atomic E-state index is -0.416. The molecule has 3 rings (SSSR count). The van der Waals surface area contributed by atoms with Crippen molar-refractivity contribution < 1.29 is 14.3 Å². The third-order valence-electron chi connectivity index (χ3n) is 4.55. The molecule has 0 spiro atoms. The van der Waals surface area contributed by atoms with Crippen molar-refractivity contribution in [2.75, 3.05) is 6.54 Å². The van der Waals surface area contributed by atoms with Crippen LogP contribution in [0, 0.1) is 0 Å². The molecule has 2 aliphatic heterocycles. The number of carbonyl (C=O) groups excluding carboxylic acids is 1. The fourth-order valence-electron chi connectivity index (χ4n) is 3.22. The van der Waals surface area contributed by atoms with Gasteiger partial charge in [0.2, 0.25) is 0 Å². The van der Waals surface area contributed by atoms with Gasteiger partial charge in [-0.15, -0.1) is 0 Å². The monoisotopic (exact) mass is 359 g/mol. The van der Waals surface area contributed by atoms with Crippen molar-refractivity contribution in [3.63, 3.8) is 0 Å². The number of hydrogen-bond donors (Lipinski definition) is 2. The number of ether oxygens (including phenoxy) is 2. The molecule has 2 unspecified atom stereocenters. The third-order valence-corrected chi connectivity index (χ3v) is 4.55. The smallest absolute Gasteiger partial charge is 0.410 e. The zero-order valence-corrected chi connectivity index (χ0v) is 16.2. The Balaban J connectivity index is 1.82. The first-order valence-electron chi connectivity index (χ1n) is 9.18. The van der Waals surface area contributed by atoms with E-state index < -0.39 is 6.23 Å². The number of cyclic esters (lactones) is 1. The summed E-state index contributed by atoms with van der Waals surface area (Å²) in [5, 5.41) is 6.61. The Morgan fingerprint density at radius 3 is 2.77 bits per heavy atom. The second-order valence-electron chi connectivity index (χ2n) is 8.11. The summed E-state index contributed by atoms with van der Waals surface area (Å²) in [6.07, 6.45) is 2.87. The van der Waals surface area contributed by atoms with Crippen molar-refractivity contribution in [1.29, 1.82) is 0 Å². The zero-order chi connectivity index (χ0) is 18.9. The molecule has 1 amide bonds. The lowest BCUT2D eigenvalue weighted by molar-refractivity contribution is 0.0237. The number of nitrogens with zero attached hydrogens (tertiary/aromatic N) is 1. The average molecular weight is 359 g/mol. The summed E-state index contributed by atoms with van der Waals surface area (Å²) in [5.41, 5.74) is 1.97. The van der Waals surface area contributed by atoms with Crippen LogP contribution in [-0.2, 0) is 11.3 Å². The van der Waals surface area contributed by atoms with E-state index in [1.165, 1.54) is 5.56 Å². The van der Waals surface area contributed by atoms with Gasteiger partial charge in [-0.2, -0.15) is 0 Å². The molecule has 0 radical (unpaired) electrons. The number of amides is 1. The van der Waals surface area contributed by atoms with E-state index in [0.717, 1.165) is 17.9 Å². The van der Waals surface area contributed by atoms with Crippen LogP contribution in [-0.4, -0.2) is 41.5 Å². The molecule has 26 heavy (non-hydrogen) atoms.